The fourth-order valence-electron chi connectivity index (χ4n) is 3.01. The van der Waals surface area contributed by atoms with Crippen molar-refractivity contribution in [3.8, 4) is 0 Å². The molecule has 9 heteroatoms. The third-order valence-corrected chi connectivity index (χ3v) is 4.50. The maximum atomic E-state index is 13.2. The van der Waals surface area contributed by atoms with Gasteiger partial charge in [-0.25, -0.2) is 15.0 Å². The monoisotopic (exact) mass is 329 g/mol. The van der Waals surface area contributed by atoms with Crippen molar-refractivity contribution in [2.24, 2.45) is 0 Å². The van der Waals surface area contributed by atoms with E-state index in [0.29, 0.717) is 23.5 Å². The van der Waals surface area contributed by atoms with Crippen molar-refractivity contribution in [1.82, 2.24) is 19.5 Å². The SMILES string of the molecule is CCn1cnc2c(N3CCC(OC)(C(F)(F)F)CC3)ncnc21. The number of imidazole rings is 1. The molecular formula is C14H18F3N5O. The summed E-state index contributed by atoms with van der Waals surface area (Å²) >= 11 is 0. The normalized spacial score (nSPS) is 18.6. The molecule has 0 N–H and O–H groups in total. The molecule has 0 aliphatic carbocycles. The van der Waals surface area contributed by atoms with Gasteiger partial charge in [-0.3, -0.25) is 0 Å². The van der Waals surface area contributed by atoms with E-state index in [-0.39, 0.29) is 25.9 Å². The Kier molecular flexibility index (Phi) is 3.91. The molecule has 1 aliphatic heterocycles. The summed E-state index contributed by atoms with van der Waals surface area (Å²) in [7, 11) is 1.12. The summed E-state index contributed by atoms with van der Waals surface area (Å²) in [6, 6.07) is 0. The van der Waals surface area contributed by atoms with Gasteiger partial charge in [-0.2, -0.15) is 13.2 Å². The summed E-state index contributed by atoms with van der Waals surface area (Å²) < 4.78 is 46.4. The van der Waals surface area contributed by atoms with Crippen LogP contribution in [-0.2, 0) is 11.3 Å². The minimum Gasteiger partial charge on any atom is -0.369 e. The molecule has 0 unspecified atom stereocenters. The summed E-state index contributed by atoms with van der Waals surface area (Å²) in [5.74, 6) is 0.578. The van der Waals surface area contributed by atoms with E-state index in [2.05, 4.69) is 15.0 Å². The maximum Gasteiger partial charge on any atom is 0.417 e. The lowest BCUT2D eigenvalue weighted by Gasteiger charge is -2.42. The molecule has 23 heavy (non-hydrogen) atoms. The molecule has 126 valence electrons. The fraction of sp³-hybridized carbons (Fsp3) is 0.643. The first-order chi connectivity index (χ1) is 10.9. The first-order valence-electron chi connectivity index (χ1n) is 7.44. The number of hydrogen-bond acceptors (Lipinski definition) is 5. The number of piperidine rings is 1. The van der Waals surface area contributed by atoms with Crippen molar-refractivity contribution in [2.75, 3.05) is 25.1 Å². The first kappa shape index (κ1) is 16.0. The van der Waals surface area contributed by atoms with Crippen molar-refractivity contribution in [3.05, 3.63) is 12.7 Å². The van der Waals surface area contributed by atoms with E-state index in [1.165, 1.54) is 6.33 Å². The molecule has 6 nitrogen and oxygen atoms in total. The third kappa shape index (κ3) is 2.52. The number of aromatic nitrogens is 4. The second-order valence-electron chi connectivity index (χ2n) is 5.58. The number of anilines is 1. The molecule has 2 aromatic rings. The third-order valence-electron chi connectivity index (χ3n) is 4.50. The van der Waals surface area contributed by atoms with E-state index < -0.39 is 11.8 Å². The van der Waals surface area contributed by atoms with Crippen molar-refractivity contribution in [2.45, 2.75) is 38.1 Å². The minimum atomic E-state index is -4.38. The van der Waals surface area contributed by atoms with Gasteiger partial charge >= 0.3 is 6.18 Å². The predicted molar refractivity (Wildman–Crippen MR) is 78.2 cm³/mol. The number of aryl methyl sites for hydroxylation is 1. The molecule has 1 aliphatic rings. The van der Waals surface area contributed by atoms with Gasteiger partial charge in [0, 0.05) is 39.6 Å². The molecule has 0 bridgehead atoms. The lowest BCUT2D eigenvalue weighted by molar-refractivity contribution is -0.276. The summed E-state index contributed by atoms with van der Waals surface area (Å²) in [5, 5.41) is 0. The minimum absolute atomic E-state index is 0.132. The lowest BCUT2D eigenvalue weighted by atomic mass is 9.90. The Morgan fingerprint density at radius 2 is 1.91 bits per heavy atom. The first-order valence-corrected chi connectivity index (χ1v) is 7.44. The standard InChI is InChI=1S/C14H18F3N5O/c1-3-21-9-20-10-11(21)18-8-19-12(10)22-6-4-13(23-2,5-7-22)14(15,16)17/h8-9H,3-7H2,1-2H3. The predicted octanol–water partition coefficient (Wildman–Crippen LogP) is 2.39. The molecule has 1 fully saturated rings. The highest BCUT2D eigenvalue weighted by molar-refractivity contribution is 5.83. The second-order valence-corrected chi connectivity index (χ2v) is 5.58. The summed E-state index contributed by atoms with van der Waals surface area (Å²) in [6.07, 6.45) is -1.55. The molecule has 3 rings (SSSR count). The molecule has 0 spiro atoms. The topological polar surface area (TPSA) is 56.1 Å². The van der Waals surface area contributed by atoms with Gasteiger partial charge in [-0.05, 0) is 6.92 Å². The van der Waals surface area contributed by atoms with Crippen LogP contribution in [0.2, 0.25) is 0 Å². The van der Waals surface area contributed by atoms with Crippen molar-refractivity contribution < 1.29 is 17.9 Å². The van der Waals surface area contributed by atoms with Crippen LogP contribution in [0.5, 0.6) is 0 Å². The largest absolute Gasteiger partial charge is 0.417 e. The van der Waals surface area contributed by atoms with Crippen LogP contribution in [0, 0.1) is 0 Å². The van der Waals surface area contributed by atoms with Gasteiger partial charge in [0.15, 0.2) is 22.6 Å². The fourth-order valence-corrected chi connectivity index (χ4v) is 3.01. The van der Waals surface area contributed by atoms with Crippen LogP contribution in [0.15, 0.2) is 12.7 Å². The summed E-state index contributed by atoms with van der Waals surface area (Å²) in [6.45, 7) is 3.10. The Labute approximate surface area is 131 Å². The van der Waals surface area contributed by atoms with Gasteiger partial charge < -0.3 is 14.2 Å². The number of alkyl halides is 3. The van der Waals surface area contributed by atoms with Crippen LogP contribution in [-0.4, -0.2) is 51.5 Å². The van der Waals surface area contributed by atoms with E-state index in [4.69, 9.17) is 4.74 Å². The Morgan fingerprint density at radius 3 is 2.48 bits per heavy atom. The van der Waals surface area contributed by atoms with Crippen LogP contribution in [0.25, 0.3) is 11.2 Å². The van der Waals surface area contributed by atoms with Crippen LogP contribution in [0.4, 0.5) is 19.0 Å². The van der Waals surface area contributed by atoms with E-state index in [1.54, 1.807) is 6.33 Å². The van der Waals surface area contributed by atoms with Gasteiger partial charge in [-0.15, -0.1) is 0 Å². The smallest absolute Gasteiger partial charge is 0.369 e. The van der Waals surface area contributed by atoms with Crippen LogP contribution < -0.4 is 4.90 Å². The number of fused-ring (bicyclic) bond motifs is 1. The van der Waals surface area contributed by atoms with Crippen molar-refractivity contribution in [3.63, 3.8) is 0 Å². The number of halogens is 3. The number of rotatable bonds is 3. The highest BCUT2D eigenvalue weighted by Crippen LogP contribution is 2.42. The lowest BCUT2D eigenvalue weighted by Crippen LogP contribution is -2.54. The van der Waals surface area contributed by atoms with E-state index in [9.17, 15) is 13.2 Å². The van der Waals surface area contributed by atoms with Crippen LogP contribution in [0.1, 0.15) is 19.8 Å². The Bertz CT molecular complexity index is 691. The number of methoxy groups -OCH3 is 1. The summed E-state index contributed by atoms with van der Waals surface area (Å²) in [5.41, 5.74) is -0.763. The number of ether oxygens (including phenoxy) is 1. The molecule has 1 saturated heterocycles. The zero-order valence-electron chi connectivity index (χ0n) is 13.0. The van der Waals surface area contributed by atoms with Gasteiger partial charge in [0.05, 0.1) is 6.33 Å². The molecule has 2 aromatic heterocycles. The average Bonchev–Trinajstić information content (AvgIpc) is 2.97. The van der Waals surface area contributed by atoms with Crippen molar-refractivity contribution in [1.29, 1.82) is 0 Å². The zero-order valence-corrected chi connectivity index (χ0v) is 13.0. The van der Waals surface area contributed by atoms with Crippen LogP contribution >= 0.6 is 0 Å². The highest BCUT2D eigenvalue weighted by Gasteiger charge is 2.56. The molecule has 0 aromatic carbocycles. The molecule has 0 amide bonds. The van der Waals surface area contributed by atoms with E-state index in [0.717, 1.165) is 7.11 Å². The number of nitrogens with zero attached hydrogens (tertiary/aromatic N) is 5. The number of hydrogen-bond donors (Lipinski definition) is 0. The van der Waals surface area contributed by atoms with Gasteiger partial charge in [0.1, 0.15) is 6.33 Å². The molecule has 0 radical (unpaired) electrons. The van der Waals surface area contributed by atoms with E-state index in [1.807, 2.05) is 16.4 Å². The maximum absolute atomic E-state index is 13.2. The second kappa shape index (κ2) is 5.63. The quantitative estimate of drug-likeness (QED) is 0.865. The van der Waals surface area contributed by atoms with E-state index >= 15 is 0 Å². The average molecular weight is 329 g/mol. The zero-order chi connectivity index (χ0) is 16.7. The van der Waals surface area contributed by atoms with Crippen molar-refractivity contribution >= 4 is 17.0 Å². The van der Waals surface area contributed by atoms with Gasteiger partial charge in [0.25, 0.3) is 0 Å². The Balaban J connectivity index is 1.87. The Morgan fingerprint density at radius 1 is 1.22 bits per heavy atom. The van der Waals surface area contributed by atoms with Crippen LogP contribution in [0.3, 0.4) is 0 Å². The Hall–Kier alpha value is -1.90. The summed E-state index contributed by atoms with van der Waals surface area (Å²) in [4.78, 5) is 14.6. The van der Waals surface area contributed by atoms with Gasteiger partial charge in [-0.1, -0.05) is 0 Å². The molecule has 3 heterocycles. The molecule has 0 atom stereocenters. The highest BCUT2D eigenvalue weighted by atomic mass is 19.4. The molecular weight excluding hydrogens is 311 g/mol. The van der Waals surface area contributed by atoms with Gasteiger partial charge in [0.2, 0.25) is 0 Å². The molecule has 0 saturated carbocycles.